The number of benzene rings is 1. The maximum Gasteiger partial charge on any atom is 0.255 e. The molecule has 116 valence electrons. The molecule has 0 spiro atoms. The number of amides is 1. The van der Waals surface area contributed by atoms with Crippen molar-refractivity contribution in [1.29, 1.82) is 0 Å². The second kappa shape index (κ2) is 7.92. The average molecular weight is 465 g/mol. The Morgan fingerprint density at radius 3 is 2.52 bits per heavy atom. The molecule has 1 fully saturated rings. The van der Waals surface area contributed by atoms with Crippen molar-refractivity contribution in [3.63, 3.8) is 0 Å². The van der Waals surface area contributed by atoms with Crippen molar-refractivity contribution in [2.24, 2.45) is 0 Å². The molecule has 1 amide bonds. The number of halogens is 2. The zero-order valence-corrected chi connectivity index (χ0v) is 16.4. The van der Waals surface area contributed by atoms with Crippen molar-refractivity contribution in [3.8, 4) is 0 Å². The molecular weight excluding hydrogens is 443 g/mol. The van der Waals surface area contributed by atoms with Crippen LogP contribution in [0.25, 0.3) is 0 Å². The van der Waals surface area contributed by atoms with E-state index in [0.717, 1.165) is 52.6 Å². The van der Waals surface area contributed by atoms with Gasteiger partial charge in [0.05, 0.1) is 5.56 Å². The summed E-state index contributed by atoms with van der Waals surface area (Å²) in [6.07, 6.45) is 2.16. The van der Waals surface area contributed by atoms with Crippen LogP contribution in [0.2, 0.25) is 0 Å². The van der Waals surface area contributed by atoms with Crippen LogP contribution in [0.4, 0.5) is 0 Å². The first-order chi connectivity index (χ1) is 10.1. The number of carbonyl (C=O) groups is 1. The minimum atomic E-state index is 0.151. The fourth-order valence-corrected chi connectivity index (χ4v) is 3.91. The van der Waals surface area contributed by atoms with E-state index in [1.54, 1.807) is 0 Å². The van der Waals surface area contributed by atoms with Gasteiger partial charge in [-0.1, -0.05) is 13.8 Å². The molecule has 1 aromatic rings. The standard InChI is InChI=1S/C16H22BrIN2O/c1-3-19(4-2)13-7-9-20(10-8-13)16(21)14-11-12(18)5-6-15(14)17/h5-6,11,13H,3-4,7-10H2,1-2H3. The summed E-state index contributed by atoms with van der Waals surface area (Å²) in [5.74, 6) is 0.151. The van der Waals surface area contributed by atoms with Gasteiger partial charge in [-0.05, 0) is 82.7 Å². The van der Waals surface area contributed by atoms with Crippen molar-refractivity contribution in [3.05, 3.63) is 31.8 Å². The number of nitrogens with zero attached hydrogens (tertiary/aromatic N) is 2. The molecule has 3 nitrogen and oxygen atoms in total. The SMILES string of the molecule is CCN(CC)C1CCN(C(=O)c2cc(I)ccc2Br)CC1. The fourth-order valence-electron chi connectivity index (χ4n) is 3.01. The van der Waals surface area contributed by atoms with Crippen molar-refractivity contribution in [1.82, 2.24) is 9.80 Å². The Bertz CT molecular complexity index is 497. The smallest absolute Gasteiger partial charge is 0.255 e. The second-order valence-corrected chi connectivity index (χ2v) is 7.47. The van der Waals surface area contributed by atoms with Gasteiger partial charge in [-0.15, -0.1) is 0 Å². The molecule has 21 heavy (non-hydrogen) atoms. The Kier molecular flexibility index (Phi) is 6.50. The third-order valence-corrected chi connectivity index (χ3v) is 5.60. The minimum absolute atomic E-state index is 0.151. The highest BCUT2D eigenvalue weighted by atomic mass is 127. The van der Waals surface area contributed by atoms with Gasteiger partial charge in [0.2, 0.25) is 0 Å². The highest BCUT2D eigenvalue weighted by Crippen LogP contribution is 2.24. The van der Waals surface area contributed by atoms with E-state index in [9.17, 15) is 4.79 Å². The first-order valence-electron chi connectivity index (χ1n) is 7.55. The predicted molar refractivity (Wildman–Crippen MR) is 98.7 cm³/mol. The van der Waals surface area contributed by atoms with E-state index >= 15 is 0 Å². The molecule has 0 atom stereocenters. The van der Waals surface area contributed by atoms with Gasteiger partial charge in [0.25, 0.3) is 5.91 Å². The Balaban J connectivity index is 2.02. The Morgan fingerprint density at radius 1 is 1.33 bits per heavy atom. The van der Waals surface area contributed by atoms with Gasteiger partial charge in [-0.2, -0.15) is 0 Å². The topological polar surface area (TPSA) is 23.6 Å². The van der Waals surface area contributed by atoms with Gasteiger partial charge in [0.1, 0.15) is 0 Å². The molecule has 0 saturated carbocycles. The summed E-state index contributed by atoms with van der Waals surface area (Å²) in [6, 6.07) is 6.55. The number of hydrogen-bond acceptors (Lipinski definition) is 2. The van der Waals surface area contributed by atoms with Crippen molar-refractivity contribution >= 4 is 44.4 Å². The first kappa shape index (κ1) is 17.2. The highest BCUT2D eigenvalue weighted by Gasteiger charge is 2.27. The van der Waals surface area contributed by atoms with Gasteiger partial charge in [-0.25, -0.2) is 0 Å². The monoisotopic (exact) mass is 464 g/mol. The van der Waals surface area contributed by atoms with Crippen LogP contribution in [0.5, 0.6) is 0 Å². The lowest BCUT2D eigenvalue weighted by Gasteiger charge is -2.37. The van der Waals surface area contributed by atoms with Crippen molar-refractivity contribution in [2.75, 3.05) is 26.2 Å². The predicted octanol–water partition coefficient (Wildman–Crippen LogP) is 4.00. The van der Waals surface area contributed by atoms with Gasteiger partial charge in [0, 0.05) is 27.2 Å². The van der Waals surface area contributed by atoms with Gasteiger partial charge < -0.3 is 9.80 Å². The number of piperidine rings is 1. The molecule has 0 aliphatic carbocycles. The van der Waals surface area contributed by atoms with E-state index in [-0.39, 0.29) is 5.91 Å². The fraction of sp³-hybridized carbons (Fsp3) is 0.562. The van der Waals surface area contributed by atoms with Gasteiger partial charge in [-0.3, -0.25) is 4.79 Å². The molecule has 0 radical (unpaired) electrons. The molecule has 1 aliphatic heterocycles. The average Bonchev–Trinajstić information content (AvgIpc) is 2.51. The van der Waals surface area contributed by atoms with Crippen LogP contribution in [0.15, 0.2) is 22.7 Å². The number of carbonyl (C=O) groups excluding carboxylic acids is 1. The quantitative estimate of drug-likeness (QED) is 0.628. The third kappa shape index (κ3) is 4.20. The van der Waals surface area contributed by atoms with Crippen LogP contribution in [0.3, 0.4) is 0 Å². The first-order valence-corrected chi connectivity index (χ1v) is 9.42. The molecule has 0 aromatic heterocycles. The molecule has 2 rings (SSSR count). The molecule has 1 heterocycles. The van der Waals surface area contributed by atoms with Crippen LogP contribution < -0.4 is 0 Å². The van der Waals surface area contributed by atoms with E-state index in [0.29, 0.717) is 6.04 Å². The molecule has 1 aliphatic rings. The zero-order valence-electron chi connectivity index (χ0n) is 12.6. The van der Waals surface area contributed by atoms with Crippen molar-refractivity contribution in [2.45, 2.75) is 32.7 Å². The lowest BCUT2D eigenvalue weighted by molar-refractivity contribution is 0.0630. The summed E-state index contributed by atoms with van der Waals surface area (Å²) >= 11 is 5.75. The van der Waals surface area contributed by atoms with E-state index in [1.807, 2.05) is 23.1 Å². The maximum absolute atomic E-state index is 12.7. The Morgan fingerprint density at radius 2 is 1.95 bits per heavy atom. The molecular formula is C16H22BrIN2O. The summed E-state index contributed by atoms with van der Waals surface area (Å²) < 4.78 is 1.98. The summed E-state index contributed by atoms with van der Waals surface area (Å²) in [5.41, 5.74) is 0.781. The minimum Gasteiger partial charge on any atom is -0.338 e. The number of hydrogen-bond donors (Lipinski definition) is 0. The van der Waals surface area contributed by atoms with E-state index in [2.05, 4.69) is 57.3 Å². The molecule has 0 N–H and O–H groups in total. The number of rotatable bonds is 4. The summed E-state index contributed by atoms with van der Waals surface area (Å²) in [7, 11) is 0. The zero-order chi connectivity index (χ0) is 15.4. The number of likely N-dealkylation sites (tertiary alicyclic amines) is 1. The third-order valence-electron chi connectivity index (χ3n) is 4.24. The molecule has 0 bridgehead atoms. The van der Waals surface area contributed by atoms with Crippen LogP contribution >= 0.6 is 38.5 Å². The Labute approximate surface area is 149 Å². The van der Waals surface area contributed by atoms with Crippen LogP contribution in [0, 0.1) is 3.57 Å². The molecule has 1 saturated heterocycles. The summed E-state index contributed by atoms with van der Waals surface area (Å²) in [6.45, 7) is 8.33. The largest absolute Gasteiger partial charge is 0.338 e. The van der Waals surface area contributed by atoms with Crippen molar-refractivity contribution < 1.29 is 4.79 Å². The van der Waals surface area contributed by atoms with E-state index in [4.69, 9.17) is 0 Å². The Hall–Kier alpha value is -0.140. The normalized spacial score (nSPS) is 16.5. The van der Waals surface area contributed by atoms with Gasteiger partial charge in [0.15, 0.2) is 0 Å². The summed E-state index contributed by atoms with van der Waals surface area (Å²) in [5, 5.41) is 0. The highest BCUT2D eigenvalue weighted by molar-refractivity contribution is 14.1. The van der Waals surface area contributed by atoms with E-state index < -0.39 is 0 Å². The second-order valence-electron chi connectivity index (χ2n) is 5.37. The van der Waals surface area contributed by atoms with Crippen LogP contribution in [0.1, 0.15) is 37.0 Å². The molecule has 1 aromatic carbocycles. The molecule has 0 unspecified atom stereocenters. The maximum atomic E-state index is 12.7. The van der Waals surface area contributed by atoms with Gasteiger partial charge >= 0.3 is 0 Å². The summed E-state index contributed by atoms with van der Waals surface area (Å²) in [4.78, 5) is 17.2. The molecule has 5 heteroatoms. The van der Waals surface area contributed by atoms with Crippen LogP contribution in [-0.4, -0.2) is 47.9 Å². The lowest BCUT2D eigenvalue weighted by Crippen LogP contribution is -2.46. The van der Waals surface area contributed by atoms with E-state index in [1.165, 1.54) is 0 Å². The van der Waals surface area contributed by atoms with Crippen LogP contribution in [-0.2, 0) is 0 Å². The lowest BCUT2D eigenvalue weighted by atomic mass is 10.0.